The molecule has 1 aliphatic heterocycles. The van der Waals surface area contributed by atoms with Crippen molar-refractivity contribution in [2.75, 3.05) is 6.61 Å². The van der Waals surface area contributed by atoms with Crippen molar-refractivity contribution in [3.05, 3.63) is 35.9 Å². The van der Waals surface area contributed by atoms with Gasteiger partial charge in [-0.2, -0.15) is 0 Å². The van der Waals surface area contributed by atoms with Gasteiger partial charge in [0.05, 0.1) is 0 Å². The van der Waals surface area contributed by atoms with E-state index in [9.17, 15) is 9.90 Å². The molecule has 25 heavy (non-hydrogen) atoms. The summed E-state index contributed by atoms with van der Waals surface area (Å²) >= 11 is 2.81. The number of hydrogen-bond donors (Lipinski definition) is 1. The number of aliphatic hydroxyl groups excluding tert-OH is 1. The minimum absolute atomic E-state index is 0.0639. The van der Waals surface area contributed by atoms with Crippen molar-refractivity contribution < 1.29 is 19.4 Å². The summed E-state index contributed by atoms with van der Waals surface area (Å²) in [6, 6.07) is 9.58. The molecule has 5 nitrogen and oxygen atoms in total. The topological polar surface area (TPSA) is 59.0 Å². The molecule has 1 aromatic rings. The molecule has 1 amide bonds. The van der Waals surface area contributed by atoms with Crippen molar-refractivity contribution in [3.63, 3.8) is 0 Å². The van der Waals surface area contributed by atoms with Gasteiger partial charge >= 0.3 is 157 Å². The van der Waals surface area contributed by atoms with Crippen LogP contribution in [0.25, 0.3) is 0 Å². The van der Waals surface area contributed by atoms with Crippen LogP contribution < -0.4 is 0 Å². The third-order valence-corrected chi connectivity index (χ3v) is 5.08. The molecule has 0 bridgehead atoms. The summed E-state index contributed by atoms with van der Waals surface area (Å²) in [5.74, 6) is -0.127. The third kappa shape index (κ3) is 4.91. The molecule has 0 radical (unpaired) electrons. The second kappa shape index (κ2) is 8.95. The average molecular weight is 412 g/mol. The number of ether oxygens (including phenoxy) is 2. The first kappa shape index (κ1) is 20.1. The normalized spacial score (nSPS) is 20.0. The molecule has 0 aliphatic carbocycles. The first-order valence-corrected chi connectivity index (χ1v) is 9.52. The van der Waals surface area contributed by atoms with Gasteiger partial charge in [0.25, 0.3) is 0 Å². The molecular weight excluding hydrogens is 385 g/mol. The minimum atomic E-state index is -0.938. The second-order valence-corrected chi connectivity index (χ2v) is 7.78. The third-order valence-electron chi connectivity index (χ3n) is 4.42. The van der Waals surface area contributed by atoms with E-state index >= 15 is 0 Å². The fraction of sp³-hybridized carbons (Fsp3) is 0.579. The molecule has 0 aromatic heterocycles. The quantitative estimate of drug-likeness (QED) is 0.693. The number of benzene rings is 1. The molecule has 3 atom stereocenters. The zero-order chi connectivity index (χ0) is 18.6. The van der Waals surface area contributed by atoms with E-state index in [4.69, 9.17) is 9.47 Å². The van der Waals surface area contributed by atoms with Crippen LogP contribution in [0, 0.1) is 11.8 Å². The molecule has 1 fully saturated rings. The number of carbonyl (C=O) groups excluding carboxylic acids is 1. The summed E-state index contributed by atoms with van der Waals surface area (Å²) in [6.07, 6.45) is -1.83. The van der Waals surface area contributed by atoms with E-state index in [0.717, 1.165) is 5.56 Å². The van der Waals surface area contributed by atoms with Crippen LogP contribution in [0.15, 0.2) is 30.3 Å². The maximum atomic E-state index is 13.2. The summed E-state index contributed by atoms with van der Waals surface area (Å²) in [7, 11) is 0. The number of hydrogen-bond acceptors (Lipinski definition) is 4. The standard InChI is InChI=1S/C19H27NO4Se/c1-12(2)15-11-24-19(25)20(15)18(22)17(16(21)13(3)4)23-10-14-8-6-5-7-9-14/h5-9,12-13,15-17,21H,10-11H2,1-4H3/t15-,16?,17?/m1/s1. The molecule has 1 aliphatic rings. The molecule has 138 valence electrons. The first-order valence-electron chi connectivity index (χ1n) is 8.66. The van der Waals surface area contributed by atoms with Crippen molar-refractivity contribution in [1.29, 1.82) is 0 Å². The Morgan fingerprint density at radius 1 is 1.32 bits per heavy atom. The van der Waals surface area contributed by atoms with Crippen LogP contribution in [0.4, 0.5) is 0 Å². The Morgan fingerprint density at radius 2 is 1.96 bits per heavy atom. The Hall–Kier alpha value is -1.20. The molecule has 0 spiro atoms. The van der Waals surface area contributed by atoms with E-state index in [-0.39, 0.29) is 30.4 Å². The van der Waals surface area contributed by atoms with E-state index < -0.39 is 12.2 Å². The SMILES string of the molecule is CC(C)C(O)C(OCc1ccccc1)C(=O)N1C(=[Se])OC[C@@H]1C(C)C. The molecule has 1 heterocycles. The van der Waals surface area contributed by atoms with Gasteiger partial charge in [-0.15, -0.1) is 0 Å². The Balaban J connectivity index is 2.19. The van der Waals surface area contributed by atoms with Gasteiger partial charge in [0.1, 0.15) is 0 Å². The van der Waals surface area contributed by atoms with Gasteiger partial charge in [0.2, 0.25) is 0 Å². The zero-order valence-electron chi connectivity index (χ0n) is 15.2. The van der Waals surface area contributed by atoms with E-state index in [0.29, 0.717) is 11.3 Å². The summed E-state index contributed by atoms with van der Waals surface area (Å²) in [5.41, 5.74) is 0.960. The number of carbonyl (C=O) groups is 1. The molecule has 1 aromatic carbocycles. The Morgan fingerprint density at radius 3 is 2.52 bits per heavy atom. The monoisotopic (exact) mass is 413 g/mol. The average Bonchev–Trinajstić information content (AvgIpc) is 2.97. The van der Waals surface area contributed by atoms with Crippen LogP contribution in [0.2, 0.25) is 0 Å². The summed E-state index contributed by atoms with van der Waals surface area (Å²) < 4.78 is 11.9. The summed E-state index contributed by atoms with van der Waals surface area (Å²) in [6.45, 7) is 8.57. The Labute approximate surface area is 157 Å². The van der Waals surface area contributed by atoms with Gasteiger partial charge in [-0.3, -0.25) is 0 Å². The van der Waals surface area contributed by atoms with Crippen LogP contribution >= 0.6 is 0 Å². The second-order valence-electron chi connectivity index (χ2n) is 7.05. The van der Waals surface area contributed by atoms with Gasteiger partial charge in [0.15, 0.2) is 0 Å². The summed E-state index contributed by atoms with van der Waals surface area (Å²) in [4.78, 5) is 14.8. The summed E-state index contributed by atoms with van der Waals surface area (Å²) in [5, 5.41) is 10.6. The molecule has 2 unspecified atom stereocenters. The van der Waals surface area contributed by atoms with Gasteiger partial charge < -0.3 is 0 Å². The molecule has 1 saturated heterocycles. The molecule has 0 saturated carbocycles. The van der Waals surface area contributed by atoms with Crippen molar-refractivity contribution >= 4 is 26.2 Å². The molecule has 6 heteroatoms. The van der Waals surface area contributed by atoms with Crippen LogP contribution in [-0.4, -0.2) is 61.1 Å². The number of nitrogens with zero attached hydrogens (tertiary/aromatic N) is 1. The van der Waals surface area contributed by atoms with Crippen molar-refractivity contribution in [3.8, 4) is 0 Å². The first-order chi connectivity index (χ1) is 11.8. The van der Waals surface area contributed by atoms with Gasteiger partial charge in [-0.25, -0.2) is 0 Å². The van der Waals surface area contributed by atoms with Crippen molar-refractivity contribution in [1.82, 2.24) is 4.90 Å². The predicted octanol–water partition coefficient (Wildman–Crippen LogP) is 1.73. The number of amides is 1. The van der Waals surface area contributed by atoms with Gasteiger partial charge in [-0.05, 0) is 0 Å². The Kier molecular flexibility index (Phi) is 7.20. The predicted molar refractivity (Wildman–Crippen MR) is 98.0 cm³/mol. The maximum absolute atomic E-state index is 13.2. The van der Waals surface area contributed by atoms with E-state index in [1.165, 1.54) is 0 Å². The fourth-order valence-electron chi connectivity index (χ4n) is 2.74. The van der Waals surface area contributed by atoms with Crippen LogP contribution in [-0.2, 0) is 20.9 Å². The van der Waals surface area contributed by atoms with Crippen molar-refractivity contribution in [2.24, 2.45) is 11.8 Å². The van der Waals surface area contributed by atoms with Crippen LogP contribution in [0.3, 0.4) is 0 Å². The number of rotatable bonds is 7. The van der Waals surface area contributed by atoms with E-state index in [1.54, 1.807) is 4.90 Å². The molecule has 1 N–H and O–H groups in total. The van der Waals surface area contributed by atoms with Gasteiger partial charge in [0, 0.05) is 0 Å². The Bertz CT molecular complexity index is 590. The van der Waals surface area contributed by atoms with E-state index in [1.807, 2.05) is 58.0 Å². The van der Waals surface area contributed by atoms with Crippen molar-refractivity contribution in [2.45, 2.75) is 52.6 Å². The van der Waals surface area contributed by atoms with E-state index in [2.05, 4.69) is 15.6 Å². The fourth-order valence-corrected chi connectivity index (χ4v) is 3.36. The molecule has 2 rings (SSSR count). The number of aliphatic hydroxyl groups is 1. The zero-order valence-corrected chi connectivity index (χ0v) is 16.9. The van der Waals surface area contributed by atoms with Crippen LogP contribution in [0.5, 0.6) is 0 Å². The molecular formula is C19H27NO4Se. The van der Waals surface area contributed by atoms with Crippen LogP contribution in [0.1, 0.15) is 33.3 Å². The van der Waals surface area contributed by atoms with Gasteiger partial charge in [-0.1, -0.05) is 0 Å².